The number of piperidine rings is 1. The van der Waals surface area contributed by atoms with Gasteiger partial charge in [0.05, 0.1) is 17.4 Å². The average molecular weight is 357 g/mol. The number of carboxylic acids is 1. The first-order chi connectivity index (χ1) is 12.3. The summed E-state index contributed by atoms with van der Waals surface area (Å²) < 4.78 is 16.2. The van der Waals surface area contributed by atoms with Crippen molar-refractivity contribution in [2.24, 2.45) is 11.7 Å². The molecule has 2 aromatic rings. The number of aromatic nitrogens is 1. The minimum absolute atomic E-state index is 0.211. The molecule has 1 unspecified atom stereocenters. The van der Waals surface area contributed by atoms with Crippen LogP contribution in [0.1, 0.15) is 46.7 Å². The number of aryl methyl sites for hydroxylation is 1. The Morgan fingerprint density at radius 1 is 1.42 bits per heavy atom. The summed E-state index contributed by atoms with van der Waals surface area (Å²) in [6.45, 7) is 3.15. The van der Waals surface area contributed by atoms with Crippen molar-refractivity contribution in [2.75, 3.05) is 18.0 Å². The van der Waals surface area contributed by atoms with Crippen LogP contribution in [0.2, 0.25) is 0 Å². The molecule has 0 bridgehead atoms. The molecule has 3 fully saturated rings. The van der Waals surface area contributed by atoms with E-state index in [0.29, 0.717) is 29.2 Å². The highest BCUT2D eigenvalue weighted by atomic mass is 19.1. The van der Waals surface area contributed by atoms with Gasteiger partial charge in [0.25, 0.3) is 5.56 Å². The largest absolute Gasteiger partial charge is 0.477 e. The monoisotopic (exact) mass is 357 g/mol. The van der Waals surface area contributed by atoms with Crippen molar-refractivity contribution in [3.63, 3.8) is 0 Å². The van der Waals surface area contributed by atoms with Crippen LogP contribution in [0.15, 0.2) is 17.1 Å². The summed E-state index contributed by atoms with van der Waals surface area (Å²) in [4.78, 5) is 26.0. The number of rotatable bonds is 3. The van der Waals surface area contributed by atoms with Gasteiger partial charge < -0.3 is 15.7 Å². The van der Waals surface area contributed by atoms with Crippen LogP contribution in [0.4, 0.5) is 10.1 Å². The first kappa shape index (κ1) is 15.8. The van der Waals surface area contributed by atoms with Gasteiger partial charge in [-0.2, -0.15) is 0 Å². The molecule has 0 spiro atoms. The third-order valence-corrected chi connectivity index (χ3v) is 6.21. The van der Waals surface area contributed by atoms with Crippen molar-refractivity contribution in [1.82, 2.24) is 4.40 Å². The molecule has 0 amide bonds. The molecule has 136 valence electrons. The summed E-state index contributed by atoms with van der Waals surface area (Å²) in [6, 6.07) is 1.48. The van der Waals surface area contributed by atoms with Crippen LogP contribution in [0.3, 0.4) is 0 Å². The Bertz CT molecular complexity index is 1040. The zero-order chi connectivity index (χ0) is 18.4. The SMILES string of the molecule is Cc1c(N2CC3C[C@]3(N)C2)c(F)cn2c(=O)c(C(=O)O)cc(C3CC3)c12. The Balaban J connectivity index is 1.77. The molecule has 3 N–H and O–H groups in total. The number of aromatic carboxylic acids is 1. The highest BCUT2D eigenvalue weighted by Gasteiger charge is 2.57. The van der Waals surface area contributed by atoms with Crippen molar-refractivity contribution < 1.29 is 14.3 Å². The van der Waals surface area contributed by atoms with Crippen molar-refractivity contribution in [2.45, 2.75) is 37.6 Å². The highest BCUT2D eigenvalue weighted by Crippen LogP contribution is 2.50. The summed E-state index contributed by atoms with van der Waals surface area (Å²) >= 11 is 0. The van der Waals surface area contributed by atoms with Gasteiger partial charge in [0.1, 0.15) is 5.56 Å². The molecule has 2 aromatic heterocycles. The number of anilines is 1. The quantitative estimate of drug-likeness (QED) is 0.875. The molecule has 7 heteroatoms. The standard InChI is InChI=1S/C19H20FN3O3/c1-9-15-12(10-2-3-10)4-13(18(25)26)17(24)23(15)7-14(20)16(9)22-6-11-5-19(11,21)8-22/h4,7,10-11H,2-3,5-6,8,21H2,1H3,(H,25,26)/t11?,19-/m0/s1. The summed E-state index contributed by atoms with van der Waals surface area (Å²) in [5.74, 6) is -1.16. The minimum atomic E-state index is -1.28. The maximum Gasteiger partial charge on any atom is 0.341 e. The van der Waals surface area contributed by atoms with Crippen LogP contribution >= 0.6 is 0 Å². The molecule has 2 saturated carbocycles. The molecule has 26 heavy (non-hydrogen) atoms. The van der Waals surface area contributed by atoms with Crippen LogP contribution in [0, 0.1) is 18.7 Å². The minimum Gasteiger partial charge on any atom is -0.477 e. The Morgan fingerprint density at radius 2 is 2.15 bits per heavy atom. The molecule has 2 aliphatic carbocycles. The third-order valence-electron chi connectivity index (χ3n) is 6.21. The fraction of sp³-hybridized carbons (Fsp3) is 0.474. The molecular formula is C19H20FN3O3. The van der Waals surface area contributed by atoms with Crippen molar-refractivity contribution in [3.05, 3.63) is 45.1 Å². The topological polar surface area (TPSA) is 88.0 Å². The van der Waals surface area contributed by atoms with Crippen molar-refractivity contribution in [3.8, 4) is 0 Å². The van der Waals surface area contributed by atoms with E-state index >= 15 is 0 Å². The first-order valence-corrected chi connectivity index (χ1v) is 8.95. The van der Waals surface area contributed by atoms with Gasteiger partial charge in [0, 0.05) is 18.6 Å². The number of carboxylic acid groups (broad SMARTS) is 1. The van der Waals surface area contributed by atoms with Crippen molar-refractivity contribution in [1.29, 1.82) is 0 Å². The lowest BCUT2D eigenvalue weighted by atomic mass is 10.0. The smallest absolute Gasteiger partial charge is 0.341 e. The zero-order valence-corrected chi connectivity index (χ0v) is 14.5. The van der Waals surface area contributed by atoms with Gasteiger partial charge >= 0.3 is 5.97 Å². The normalized spacial score (nSPS) is 27.0. The van der Waals surface area contributed by atoms with Crippen molar-refractivity contribution >= 4 is 17.2 Å². The van der Waals surface area contributed by atoms with E-state index in [1.165, 1.54) is 10.5 Å². The summed E-state index contributed by atoms with van der Waals surface area (Å²) in [7, 11) is 0. The number of fused-ring (bicyclic) bond motifs is 2. The molecule has 6 nitrogen and oxygen atoms in total. The molecule has 3 heterocycles. The van der Waals surface area contributed by atoms with Crippen LogP contribution < -0.4 is 16.2 Å². The summed E-state index contributed by atoms with van der Waals surface area (Å²) in [5.41, 5.74) is 7.71. The van der Waals surface area contributed by atoms with E-state index < -0.39 is 17.3 Å². The van der Waals surface area contributed by atoms with E-state index in [1.54, 1.807) is 0 Å². The number of hydrogen-bond acceptors (Lipinski definition) is 4. The lowest BCUT2D eigenvalue weighted by Crippen LogP contribution is -2.34. The molecule has 0 radical (unpaired) electrons. The van der Waals surface area contributed by atoms with Crippen LogP contribution in [-0.2, 0) is 0 Å². The second-order valence-corrected chi connectivity index (χ2v) is 8.08. The average Bonchev–Trinajstić information content (AvgIpc) is 3.47. The molecule has 1 saturated heterocycles. The Labute approximate surface area is 149 Å². The van der Waals surface area contributed by atoms with Gasteiger partial charge in [-0.15, -0.1) is 0 Å². The fourth-order valence-electron chi connectivity index (χ4n) is 4.59. The predicted molar refractivity (Wildman–Crippen MR) is 94.5 cm³/mol. The Hall–Kier alpha value is -2.41. The second kappa shape index (κ2) is 4.85. The van der Waals surface area contributed by atoms with E-state index in [-0.39, 0.29) is 17.0 Å². The van der Waals surface area contributed by atoms with Gasteiger partial charge in [-0.05, 0) is 55.2 Å². The van der Waals surface area contributed by atoms with E-state index in [9.17, 15) is 19.1 Å². The van der Waals surface area contributed by atoms with E-state index in [2.05, 4.69) is 0 Å². The van der Waals surface area contributed by atoms with Crippen LogP contribution in [0.5, 0.6) is 0 Å². The molecule has 2 atom stereocenters. The highest BCUT2D eigenvalue weighted by molar-refractivity contribution is 5.89. The maximum atomic E-state index is 15.0. The van der Waals surface area contributed by atoms with Gasteiger partial charge in [0.15, 0.2) is 5.82 Å². The fourth-order valence-corrected chi connectivity index (χ4v) is 4.59. The van der Waals surface area contributed by atoms with Gasteiger partial charge in [-0.3, -0.25) is 9.20 Å². The van der Waals surface area contributed by atoms with E-state index in [1.807, 2.05) is 11.8 Å². The summed E-state index contributed by atoms with van der Waals surface area (Å²) in [5, 5.41) is 9.35. The van der Waals surface area contributed by atoms with Crippen LogP contribution in [-0.4, -0.2) is 34.1 Å². The molecule has 1 aliphatic heterocycles. The predicted octanol–water partition coefficient (Wildman–Crippen LogP) is 1.86. The Kier molecular flexibility index (Phi) is 2.95. The summed E-state index contributed by atoms with van der Waals surface area (Å²) in [6.07, 6.45) is 4.03. The maximum absolute atomic E-state index is 15.0. The lowest BCUT2D eigenvalue weighted by Gasteiger charge is -2.26. The van der Waals surface area contributed by atoms with Gasteiger partial charge in [0.2, 0.25) is 0 Å². The molecule has 3 aliphatic rings. The van der Waals surface area contributed by atoms with E-state index in [4.69, 9.17) is 5.73 Å². The number of nitrogens with zero attached hydrogens (tertiary/aromatic N) is 2. The molecular weight excluding hydrogens is 337 g/mol. The molecule has 0 aromatic carbocycles. The Morgan fingerprint density at radius 3 is 2.73 bits per heavy atom. The van der Waals surface area contributed by atoms with Crippen LogP contribution in [0.25, 0.3) is 5.52 Å². The second-order valence-electron chi connectivity index (χ2n) is 8.08. The first-order valence-electron chi connectivity index (χ1n) is 8.95. The number of carbonyl (C=O) groups is 1. The van der Waals surface area contributed by atoms with E-state index in [0.717, 1.165) is 37.6 Å². The lowest BCUT2D eigenvalue weighted by molar-refractivity contribution is 0.0694. The van der Waals surface area contributed by atoms with Gasteiger partial charge in [-0.25, -0.2) is 9.18 Å². The number of pyridine rings is 2. The van der Waals surface area contributed by atoms with Gasteiger partial charge in [-0.1, -0.05) is 0 Å². The number of halogens is 1. The molecule has 5 rings (SSSR count). The zero-order valence-electron chi connectivity index (χ0n) is 14.5. The number of nitrogens with two attached hydrogens (primary N) is 1. The number of hydrogen-bond donors (Lipinski definition) is 2. The third kappa shape index (κ3) is 2.06.